The lowest BCUT2D eigenvalue weighted by Crippen LogP contribution is -2.00. The summed E-state index contributed by atoms with van der Waals surface area (Å²) < 4.78 is 4.92. The summed E-state index contributed by atoms with van der Waals surface area (Å²) >= 11 is 1.61. The molecule has 0 aliphatic heterocycles. The number of ether oxygens (including phenoxy) is 1. The molecule has 0 saturated heterocycles. The van der Waals surface area contributed by atoms with Crippen LogP contribution < -0.4 is 0 Å². The third-order valence-electron chi connectivity index (χ3n) is 3.23. The summed E-state index contributed by atoms with van der Waals surface area (Å²) in [5.41, 5.74) is 2.76. The predicted octanol–water partition coefficient (Wildman–Crippen LogP) is 4.87. The van der Waals surface area contributed by atoms with Crippen molar-refractivity contribution < 1.29 is 9.53 Å². The average Bonchev–Trinajstić information content (AvgIpc) is 3.01. The Bertz CT molecular complexity index is 745. The molecule has 2 nitrogen and oxygen atoms in total. The third kappa shape index (κ3) is 2.73. The molecule has 0 unspecified atom stereocenters. The Morgan fingerprint density at radius 1 is 0.905 bits per heavy atom. The van der Waals surface area contributed by atoms with E-state index >= 15 is 0 Å². The van der Waals surface area contributed by atoms with Crippen molar-refractivity contribution in [2.24, 2.45) is 0 Å². The molecular weight excluding hydrogens is 280 g/mol. The zero-order valence-electron chi connectivity index (χ0n) is 11.6. The first kappa shape index (κ1) is 13.6. The van der Waals surface area contributed by atoms with Gasteiger partial charge in [-0.2, -0.15) is 0 Å². The number of carbonyl (C=O) groups excluding carboxylic acids is 1. The molecule has 0 amide bonds. The minimum Gasteiger partial charge on any atom is -0.465 e. The van der Waals surface area contributed by atoms with Gasteiger partial charge in [0.15, 0.2) is 0 Å². The van der Waals surface area contributed by atoms with Crippen molar-refractivity contribution in [3.8, 4) is 20.9 Å². The topological polar surface area (TPSA) is 26.3 Å². The summed E-state index contributed by atoms with van der Waals surface area (Å²) in [6, 6.07) is 21.9. The van der Waals surface area contributed by atoms with Crippen LogP contribution in [0.25, 0.3) is 20.9 Å². The monoisotopic (exact) mass is 294 g/mol. The van der Waals surface area contributed by atoms with Gasteiger partial charge in [0.05, 0.1) is 12.7 Å². The number of hydrogen-bond donors (Lipinski definition) is 0. The smallest absolute Gasteiger partial charge is 0.339 e. The zero-order valence-corrected chi connectivity index (χ0v) is 12.4. The van der Waals surface area contributed by atoms with Crippen LogP contribution in [0.3, 0.4) is 0 Å². The fraction of sp³-hybridized carbons (Fsp3) is 0.0556. The second-order valence-electron chi connectivity index (χ2n) is 4.58. The summed E-state index contributed by atoms with van der Waals surface area (Å²) in [6.07, 6.45) is 0. The first-order chi connectivity index (χ1) is 10.3. The Kier molecular flexibility index (Phi) is 3.84. The molecule has 1 aromatic heterocycles. The van der Waals surface area contributed by atoms with Crippen LogP contribution in [0.2, 0.25) is 0 Å². The largest absolute Gasteiger partial charge is 0.465 e. The highest BCUT2D eigenvalue weighted by Crippen LogP contribution is 2.38. The molecule has 3 aromatic rings. The Hall–Kier alpha value is -2.39. The molecule has 104 valence electrons. The van der Waals surface area contributed by atoms with Gasteiger partial charge in [-0.1, -0.05) is 60.7 Å². The van der Waals surface area contributed by atoms with Gasteiger partial charge in [-0.15, -0.1) is 11.3 Å². The van der Waals surface area contributed by atoms with Crippen LogP contribution in [0.1, 0.15) is 10.4 Å². The Morgan fingerprint density at radius 2 is 1.48 bits per heavy atom. The molecule has 0 radical (unpaired) electrons. The van der Waals surface area contributed by atoms with Crippen molar-refractivity contribution in [3.63, 3.8) is 0 Å². The van der Waals surface area contributed by atoms with E-state index in [0.29, 0.717) is 5.56 Å². The van der Waals surface area contributed by atoms with E-state index in [1.54, 1.807) is 11.3 Å². The van der Waals surface area contributed by atoms with E-state index in [0.717, 1.165) is 20.9 Å². The van der Waals surface area contributed by atoms with Crippen molar-refractivity contribution in [3.05, 3.63) is 72.3 Å². The van der Waals surface area contributed by atoms with Crippen molar-refractivity contribution in [2.75, 3.05) is 7.11 Å². The van der Waals surface area contributed by atoms with Gasteiger partial charge in [0, 0.05) is 9.75 Å². The van der Waals surface area contributed by atoms with Gasteiger partial charge in [-0.25, -0.2) is 4.79 Å². The number of benzene rings is 2. The van der Waals surface area contributed by atoms with E-state index < -0.39 is 0 Å². The maximum Gasteiger partial charge on any atom is 0.339 e. The van der Waals surface area contributed by atoms with Crippen molar-refractivity contribution in [2.45, 2.75) is 0 Å². The van der Waals surface area contributed by atoms with Crippen LogP contribution in [0.15, 0.2) is 66.7 Å². The first-order valence-corrected chi connectivity index (χ1v) is 7.44. The number of carbonyl (C=O) groups is 1. The minimum atomic E-state index is -0.299. The maximum absolute atomic E-state index is 12.0. The third-order valence-corrected chi connectivity index (χ3v) is 4.46. The predicted molar refractivity (Wildman–Crippen MR) is 86.5 cm³/mol. The molecule has 0 N–H and O–H groups in total. The lowest BCUT2D eigenvalue weighted by molar-refractivity contribution is 0.0602. The molecule has 0 bridgehead atoms. The zero-order chi connectivity index (χ0) is 14.7. The van der Waals surface area contributed by atoms with Crippen molar-refractivity contribution in [1.29, 1.82) is 0 Å². The van der Waals surface area contributed by atoms with E-state index in [4.69, 9.17) is 4.74 Å². The van der Waals surface area contributed by atoms with E-state index in [1.807, 2.05) is 66.7 Å². The molecular formula is C18H14O2S. The Balaban J connectivity index is 2.14. The van der Waals surface area contributed by atoms with Gasteiger partial charge < -0.3 is 4.74 Å². The molecule has 3 rings (SSSR count). The molecule has 0 fully saturated rings. The summed E-state index contributed by atoms with van der Waals surface area (Å²) in [5, 5.41) is 0. The molecule has 21 heavy (non-hydrogen) atoms. The Labute approximate surface area is 127 Å². The van der Waals surface area contributed by atoms with Crippen LogP contribution in [0.5, 0.6) is 0 Å². The van der Waals surface area contributed by atoms with E-state index in [-0.39, 0.29) is 5.97 Å². The highest BCUT2D eigenvalue weighted by molar-refractivity contribution is 7.19. The summed E-state index contributed by atoms with van der Waals surface area (Å²) in [4.78, 5) is 14.0. The van der Waals surface area contributed by atoms with Gasteiger partial charge >= 0.3 is 5.97 Å². The molecule has 2 aromatic carbocycles. The first-order valence-electron chi connectivity index (χ1n) is 6.62. The fourth-order valence-corrected chi connectivity index (χ4v) is 3.36. The maximum atomic E-state index is 12.0. The SMILES string of the molecule is COC(=O)c1cc(-c2ccccc2)sc1-c1ccccc1. The Morgan fingerprint density at radius 3 is 2.05 bits per heavy atom. The summed E-state index contributed by atoms with van der Waals surface area (Å²) in [7, 11) is 1.41. The van der Waals surface area contributed by atoms with E-state index in [2.05, 4.69) is 0 Å². The number of hydrogen-bond acceptors (Lipinski definition) is 3. The van der Waals surface area contributed by atoms with Gasteiger partial charge in [0.2, 0.25) is 0 Å². The van der Waals surface area contributed by atoms with Gasteiger partial charge in [-0.3, -0.25) is 0 Å². The molecule has 0 spiro atoms. The fourth-order valence-electron chi connectivity index (χ4n) is 2.20. The van der Waals surface area contributed by atoms with Gasteiger partial charge in [0.1, 0.15) is 0 Å². The molecule has 1 heterocycles. The number of esters is 1. The standard InChI is InChI=1S/C18H14O2S/c1-20-18(19)15-12-16(13-8-4-2-5-9-13)21-17(15)14-10-6-3-7-11-14/h2-12H,1H3. The molecule has 0 saturated carbocycles. The quantitative estimate of drug-likeness (QED) is 0.644. The minimum absolute atomic E-state index is 0.299. The average molecular weight is 294 g/mol. The van der Waals surface area contributed by atoms with Crippen molar-refractivity contribution in [1.82, 2.24) is 0 Å². The second-order valence-corrected chi connectivity index (χ2v) is 5.63. The number of rotatable bonds is 3. The van der Waals surface area contributed by atoms with Crippen LogP contribution in [0.4, 0.5) is 0 Å². The van der Waals surface area contributed by atoms with Crippen LogP contribution in [0, 0.1) is 0 Å². The van der Waals surface area contributed by atoms with Crippen LogP contribution in [-0.4, -0.2) is 13.1 Å². The molecule has 3 heteroatoms. The lowest BCUT2D eigenvalue weighted by Gasteiger charge is -2.01. The van der Waals surface area contributed by atoms with Crippen molar-refractivity contribution >= 4 is 17.3 Å². The van der Waals surface area contributed by atoms with E-state index in [9.17, 15) is 4.79 Å². The van der Waals surface area contributed by atoms with Crippen LogP contribution >= 0.6 is 11.3 Å². The molecule has 0 aliphatic rings. The van der Waals surface area contributed by atoms with Crippen LogP contribution in [-0.2, 0) is 4.74 Å². The summed E-state index contributed by atoms with van der Waals surface area (Å²) in [5.74, 6) is -0.299. The molecule has 0 atom stereocenters. The van der Waals surface area contributed by atoms with E-state index in [1.165, 1.54) is 7.11 Å². The highest BCUT2D eigenvalue weighted by Gasteiger charge is 2.18. The lowest BCUT2D eigenvalue weighted by atomic mass is 10.1. The van der Waals surface area contributed by atoms with Gasteiger partial charge in [-0.05, 0) is 17.2 Å². The summed E-state index contributed by atoms with van der Waals surface area (Å²) in [6.45, 7) is 0. The normalized spacial score (nSPS) is 10.3. The molecule has 0 aliphatic carbocycles. The number of thiophene rings is 1. The van der Waals surface area contributed by atoms with Gasteiger partial charge in [0.25, 0.3) is 0 Å². The second kappa shape index (κ2) is 5.94. The number of methoxy groups -OCH3 is 1. The highest BCUT2D eigenvalue weighted by atomic mass is 32.1.